The van der Waals surface area contributed by atoms with Crippen LogP contribution in [0, 0.1) is 5.41 Å². The summed E-state index contributed by atoms with van der Waals surface area (Å²) in [4.78, 5) is 43.5. The molecule has 0 radical (unpaired) electrons. The van der Waals surface area contributed by atoms with Crippen molar-refractivity contribution >= 4 is 18.1 Å². The van der Waals surface area contributed by atoms with Gasteiger partial charge in [0.2, 0.25) is 5.91 Å². The molecule has 0 aromatic carbocycles. The lowest BCUT2D eigenvalue weighted by molar-refractivity contribution is -0.133. The van der Waals surface area contributed by atoms with Crippen LogP contribution < -0.4 is 5.32 Å². The number of ether oxygens (including phenoxy) is 2. The van der Waals surface area contributed by atoms with E-state index in [2.05, 4.69) is 5.32 Å². The maximum atomic E-state index is 12.9. The maximum absolute atomic E-state index is 12.9. The average Bonchev–Trinajstić information content (AvgIpc) is 2.57. The summed E-state index contributed by atoms with van der Waals surface area (Å²) >= 11 is 0. The highest BCUT2D eigenvalue weighted by molar-refractivity contribution is 5.77. The highest BCUT2D eigenvalue weighted by Crippen LogP contribution is 2.20. The Morgan fingerprint density at radius 1 is 0.636 bits per heavy atom. The first-order chi connectivity index (χ1) is 15.0. The van der Waals surface area contributed by atoms with E-state index in [0.717, 1.165) is 0 Å². The van der Waals surface area contributed by atoms with E-state index in [1.54, 1.807) is 9.80 Å². The van der Waals surface area contributed by atoms with Gasteiger partial charge in [0.1, 0.15) is 11.2 Å². The summed E-state index contributed by atoms with van der Waals surface area (Å²) < 4.78 is 11.1. The van der Waals surface area contributed by atoms with Gasteiger partial charge < -0.3 is 29.5 Å². The van der Waals surface area contributed by atoms with Crippen molar-refractivity contribution in [2.24, 2.45) is 5.41 Å². The summed E-state index contributed by atoms with van der Waals surface area (Å²) in [5.74, 6) is 0.0703. The SMILES string of the molecule is CC(C)(C)CC(=O)N1CCNCCN(C(=O)OC(C)(C)C)CCN(C(=O)OC(C)(C)C)CC1. The van der Waals surface area contributed by atoms with E-state index in [-0.39, 0.29) is 17.9 Å². The number of carbonyl (C=O) groups is 3. The van der Waals surface area contributed by atoms with Crippen molar-refractivity contribution in [3.8, 4) is 0 Å². The van der Waals surface area contributed by atoms with Crippen molar-refractivity contribution in [2.45, 2.75) is 79.9 Å². The molecule has 1 aliphatic rings. The van der Waals surface area contributed by atoms with Crippen molar-refractivity contribution in [3.05, 3.63) is 0 Å². The van der Waals surface area contributed by atoms with Crippen molar-refractivity contribution in [3.63, 3.8) is 0 Å². The Balaban J connectivity index is 3.01. The maximum Gasteiger partial charge on any atom is 0.410 e. The van der Waals surface area contributed by atoms with E-state index in [0.29, 0.717) is 52.2 Å². The number of hydrogen-bond acceptors (Lipinski definition) is 6. The van der Waals surface area contributed by atoms with Crippen LogP contribution in [0.3, 0.4) is 0 Å². The summed E-state index contributed by atoms with van der Waals surface area (Å²) in [5, 5.41) is 3.32. The van der Waals surface area contributed by atoms with Crippen molar-refractivity contribution in [1.29, 1.82) is 0 Å². The molecule has 0 aliphatic carbocycles. The van der Waals surface area contributed by atoms with E-state index in [1.165, 1.54) is 0 Å². The lowest BCUT2D eigenvalue weighted by atomic mass is 9.91. The van der Waals surface area contributed by atoms with Gasteiger partial charge in [-0.1, -0.05) is 20.8 Å². The molecule has 0 saturated carbocycles. The van der Waals surface area contributed by atoms with Gasteiger partial charge in [-0.3, -0.25) is 4.79 Å². The summed E-state index contributed by atoms with van der Waals surface area (Å²) in [6.45, 7) is 20.5. The van der Waals surface area contributed by atoms with Gasteiger partial charge in [0.05, 0.1) is 0 Å². The van der Waals surface area contributed by atoms with Crippen LogP contribution in [0.25, 0.3) is 0 Å². The first kappa shape index (κ1) is 29.0. The van der Waals surface area contributed by atoms with E-state index in [4.69, 9.17) is 9.47 Å². The predicted molar refractivity (Wildman–Crippen MR) is 129 cm³/mol. The summed E-state index contributed by atoms with van der Waals surface area (Å²) in [5.41, 5.74) is -1.36. The average molecular weight is 471 g/mol. The van der Waals surface area contributed by atoms with E-state index in [1.807, 2.05) is 67.2 Å². The monoisotopic (exact) mass is 470 g/mol. The van der Waals surface area contributed by atoms with Gasteiger partial charge in [0.15, 0.2) is 0 Å². The standard InChI is InChI=1S/C24H46N4O5/c1-22(2,3)18-19(29)26-12-10-25-11-13-27(20(30)32-23(4,5)6)16-17-28(15-14-26)21(31)33-24(7,8)9/h25H,10-18H2,1-9H3. The second-order valence-electron chi connectivity index (χ2n) is 11.8. The molecule has 1 rings (SSSR count). The first-order valence-corrected chi connectivity index (χ1v) is 11.9. The molecule has 9 heteroatoms. The number of hydrogen-bond donors (Lipinski definition) is 1. The molecule has 0 bridgehead atoms. The Bertz CT molecular complexity index is 619. The summed E-state index contributed by atoms with van der Waals surface area (Å²) in [6.07, 6.45) is -0.427. The molecule has 1 fully saturated rings. The van der Waals surface area contributed by atoms with Crippen LogP contribution in [-0.4, -0.2) is 96.4 Å². The van der Waals surface area contributed by atoms with Crippen LogP contribution >= 0.6 is 0 Å². The van der Waals surface area contributed by atoms with Crippen LogP contribution in [0.2, 0.25) is 0 Å². The minimum Gasteiger partial charge on any atom is -0.444 e. The van der Waals surface area contributed by atoms with Gasteiger partial charge >= 0.3 is 12.2 Å². The van der Waals surface area contributed by atoms with Gasteiger partial charge in [-0.05, 0) is 47.0 Å². The van der Waals surface area contributed by atoms with Crippen LogP contribution in [0.5, 0.6) is 0 Å². The molecule has 33 heavy (non-hydrogen) atoms. The van der Waals surface area contributed by atoms with E-state index >= 15 is 0 Å². The molecule has 0 unspecified atom stereocenters. The van der Waals surface area contributed by atoms with Crippen molar-refractivity contribution < 1.29 is 23.9 Å². The molecular formula is C24H46N4O5. The Morgan fingerprint density at radius 3 is 1.39 bits per heavy atom. The fourth-order valence-corrected chi connectivity index (χ4v) is 3.20. The molecule has 0 spiro atoms. The third-order valence-corrected chi connectivity index (χ3v) is 4.73. The molecule has 1 aliphatic heterocycles. The van der Waals surface area contributed by atoms with Crippen LogP contribution in [0.15, 0.2) is 0 Å². The van der Waals surface area contributed by atoms with Crippen LogP contribution in [0.4, 0.5) is 9.59 Å². The Labute approximate surface area is 200 Å². The molecular weight excluding hydrogens is 424 g/mol. The van der Waals surface area contributed by atoms with Gasteiger partial charge in [-0.25, -0.2) is 9.59 Å². The number of amides is 3. The molecule has 1 saturated heterocycles. The minimum atomic E-state index is -0.642. The Hall–Kier alpha value is -2.03. The third-order valence-electron chi connectivity index (χ3n) is 4.73. The predicted octanol–water partition coefficient (Wildman–Crippen LogP) is 3.33. The van der Waals surface area contributed by atoms with Crippen molar-refractivity contribution in [2.75, 3.05) is 52.4 Å². The second kappa shape index (κ2) is 11.9. The minimum absolute atomic E-state index is 0.0703. The first-order valence-electron chi connectivity index (χ1n) is 11.9. The molecule has 0 aromatic heterocycles. The summed E-state index contributed by atoms with van der Waals surface area (Å²) in [6, 6.07) is 0. The highest BCUT2D eigenvalue weighted by atomic mass is 16.6. The fraction of sp³-hybridized carbons (Fsp3) is 0.875. The number of rotatable bonds is 1. The zero-order valence-electron chi connectivity index (χ0n) is 22.2. The van der Waals surface area contributed by atoms with Gasteiger partial charge in [-0.15, -0.1) is 0 Å². The number of nitrogens with zero attached hydrogens (tertiary/aromatic N) is 3. The molecule has 1 N–H and O–H groups in total. The van der Waals surface area contributed by atoms with Gasteiger partial charge in [0.25, 0.3) is 0 Å². The third kappa shape index (κ3) is 12.7. The number of carbonyl (C=O) groups excluding carboxylic acids is 3. The zero-order valence-corrected chi connectivity index (χ0v) is 22.2. The molecule has 1 heterocycles. The second-order valence-corrected chi connectivity index (χ2v) is 11.8. The van der Waals surface area contributed by atoms with Gasteiger partial charge in [0, 0.05) is 58.8 Å². The van der Waals surface area contributed by atoms with Crippen molar-refractivity contribution in [1.82, 2.24) is 20.0 Å². The Kier molecular flexibility index (Phi) is 10.5. The molecule has 3 amide bonds. The molecule has 0 aromatic rings. The normalized spacial score (nSPS) is 17.7. The molecule has 9 nitrogen and oxygen atoms in total. The fourth-order valence-electron chi connectivity index (χ4n) is 3.20. The lowest BCUT2D eigenvalue weighted by Gasteiger charge is -2.34. The quantitative estimate of drug-likeness (QED) is 0.632. The summed E-state index contributed by atoms with van der Waals surface area (Å²) in [7, 11) is 0. The number of nitrogens with one attached hydrogen (secondary N) is 1. The largest absolute Gasteiger partial charge is 0.444 e. The Morgan fingerprint density at radius 2 is 1.00 bits per heavy atom. The van der Waals surface area contributed by atoms with Crippen LogP contribution in [0.1, 0.15) is 68.7 Å². The lowest BCUT2D eigenvalue weighted by Crippen LogP contribution is -2.50. The topological polar surface area (TPSA) is 91.4 Å². The zero-order chi connectivity index (χ0) is 25.4. The van der Waals surface area contributed by atoms with E-state index < -0.39 is 23.4 Å². The smallest absolute Gasteiger partial charge is 0.410 e. The highest BCUT2D eigenvalue weighted by Gasteiger charge is 2.28. The van der Waals surface area contributed by atoms with E-state index in [9.17, 15) is 14.4 Å². The van der Waals surface area contributed by atoms with Crippen LogP contribution in [-0.2, 0) is 14.3 Å². The van der Waals surface area contributed by atoms with Gasteiger partial charge in [-0.2, -0.15) is 0 Å². The molecule has 192 valence electrons. The molecule has 0 atom stereocenters.